The maximum Gasteiger partial charge on any atom is 0.238 e. The Balaban J connectivity index is 3.13. The molecule has 0 unspecified atom stereocenters. The first-order valence-corrected chi connectivity index (χ1v) is 5.82. The van der Waals surface area contributed by atoms with E-state index in [2.05, 4.69) is 0 Å². The van der Waals surface area contributed by atoms with Gasteiger partial charge in [0.05, 0.1) is 4.90 Å². The topological polar surface area (TPSA) is 86.2 Å². The summed E-state index contributed by atoms with van der Waals surface area (Å²) in [5.74, 6) is 0. The van der Waals surface area contributed by atoms with E-state index in [0.717, 1.165) is 17.5 Å². The molecule has 14 heavy (non-hydrogen) atoms. The zero-order valence-electron chi connectivity index (χ0n) is 8.03. The number of rotatable bonds is 3. The van der Waals surface area contributed by atoms with Crippen molar-refractivity contribution >= 4 is 10.0 Å². The average molecular weight is 214 g/mol. The highest BCUT2D eigenvalue weighted by molar-refractivity contribution is 7.89. The van der Waals surface area contributed by atoms with E-state index in [1.54, 1.807) is 12.1 Å². The molecule has 0 atom stereocenters. The molecular formula is C9H14N2O2S. The van der Waals surface area contributed by atoms with E-state index in [9.17, 15) is 8.42 Å². The van der Waals surface area contributed by atoms with Gasteiger partial charge in [-0.15, -0.1) is 0 Å². The lowest BCUT2D eigenvalue weighted by Crippen LogP contribution is -2.13. The third-order valence-corrected chi connectivity index (χ3v) is 2.97. The predicted octanol–water partition coefficient (Wildman–Crippen LogP) is 0.144. The number of nitrogens with two attached hydrogens (primary N) is 2. The second-order valence-electron chi connectivity index (χ2n) is 3.17. The van der Waals surface area contributed by atoms with E-state index in [0.29, 0.717) is 6.54 Å². The maximum atomic E-state index is 11.0. The van der Waals surface area contributed by atoms with Gasteiger partial charge in [-0.1, -0.05) is 6.07 Å². The van der Waals surface area contributed by atoms with Gasteiger partial charge in [-0.2, -0.15) is 0 Å². The van der Waals surface area contributed by atoms with Gasteiger partial charge in [-0.05, 0) is 43.1 Å². The monoisotopic (exact) mass is 214 g/mol. The van der Waals surface area contributed by atoms with Gasteiger partial charge in [-0.3, -0.25) is 0 Å². The number of hydrogen-bond donors (Lipinski definition) is 2. The van der Waals surface area contributed by atoms with Crippen molar-refractivity contribution in [2.45, 2.75) is 18.2 Å². The minimum Gasteiger partial charge on any atom is -0.330 e. The molecular weight excluding hydrogens is 200 g/mol. The van der Waals surface area contributed by atoms with E-state index in [4.69, 9.17) is 10.9 Å². The van der Waals surface area contributed by atoms with Gasteiger partial charge in [0, 0.05) is 0 Å². The molecule has 0 saturated heterocycles. The summed E-state index contributed by atoms with van der Waals surface area (Å²) in [5, 5.41) is 5.00. The minimum atomic E-state index is -3.59. The lowest BCUT2D eigenvalue weighted by molar-refractivity contribution is 0.597. The SMILES string of the molecule is Cc1cc(S(N)(=O)=O)ccc1CCN. The summed E-state index contributed by atoms with van der Waals surface area (Å²) in [4.78, 5) is 0.149. The highest BCUT2D eigenvalue weighted by Crippen LogP contribution is 2.14. The van der Waals surface area contributed by atoms with Crippen LogP contribution in [0.15, 0.2) is 23.1 Å². The fourth-order valence-corrected chi connectivity index (χ4v) is 1.88. The number of hydrogen-bond acceptors (Lipinski definition) is 3. The van der Waals surface area contributed by atoms with Gasteiger partial charge >= 0.3 is 0 Å². The molecule has 0 radical (unpaired) electrons. The normalized spacial score (nSPS) is 11.6. The van der Waals surface area contributed by atoms with Gasteiger partial charge < -0.3 is 5.73 Å². The molecule has 0 aliphatic carbocycles. The third kappa shape index (κ3) is 2.54. The molecule has 0 saturated carbocycles. The van der Waals surface area contributed by atoms with Gasteiger partial charge in [0.2, 0.25) is 10.0 Å². The zero-order chi connectivity index (χ0) is 10.8. The second-order valence-corrected chi connectivity index (χ2v) is 4.73. The number of benzene rings is 1. The first kappa shape index (κ1) is 11.2. The molecule has 4 N–H and O–H groups in total. The van der Waals surface area contributed by atoms with Crippen LogP contribution in [0.5, 0.6) is 0 Å². The number of sulfonamides is 1. The lowest BCUT2D eigenvalue weighted by atomic mass is 10.1. The second kappa shape index (κ2) is 4.08. The Labute approximate surface area is 84.0 Å². The Morgan fingerprint density at radius 3 is 2.43 bits per heavy atom. The molecule has 1 aromatic rings. The van der Waals surface area contributed by atoms with Crippen LogP contribution in [0.3, 0.4) is 0 Å². The van der Waals surface area contributed by atoms with Crippen LogP contribution < -0.4 is 10.9 Å². The fraction of sp³-hybridized carbons (Fsp3) is 0.333. The molecule has 0 fully saturated rings. The molecule has 5 heteroatoms. The van der Waals surface area contributed by atoms with Crippen LogP contribution in [0.4, 0.5) is 0 Å². The van der Waals surface area contributed by atoms with Crippen molar-refractivity contribution in [2.75, 3.05) is 6.54 Å². The smallest absolute Gasteiger partial charge is 0.238 e. The molecule has 1 aromatic carbocycles. The number of primary sulfonamides is 1. The van der Waals surface area contributed by atoms with Gasteiger partial charge in [0.1, 0.15) is 0 Å². The Hall–Kier alpha value is -0.910. The molecule has 4 nitrogen and oxygen atoms in total. The molecule has 0 aromatic heterocycles. The largest absolute Gasteiger partial charge is 0.330 e. The highest BCUT2D eigenvalue weighted by atomic mass is 32.2. The van der Waals surface area contributed by atoms with Crippen LogP contribution in [0.2, 0.25) is 0 Å². The Kier molecular flexibility index (Phi) is 3.25. The van der Waals surface area contributed by atoms with E-state index in [1.807, 2.05) is 6.92 Å². The molecule has 1 rings (SSSR count). The van der Waals surface area contributed by atoms with Crippen molar-refractivity contribution < 1.29 is 8.42 Å². The van der Waals surface area contributed by atoms with Crippen LogP contribution in [0.25, 0.3) is 0 Å². The molecule has 78 valence electrons. The first-order chi connectivity index (χ1) is 6.45. The van der Waals surface area contributed by atoms with E-state index >= 15 is 0 Å². The van der Waals surface area contributed by atoms with E-state index < -0.39 is 10.0 Å². The van der Waals surface area contributed by atoms with Crippen LogP contribution in [-0.4, -0.2) is 15.0 Å². The van der Waals surface area contributed by atoms with E-state index in [-0.39, 0.29) is 4.90 Å². The van der Waals surface area contributed by atoms with Crippen LogP contribution in [0.1, 0.15) is 11.1 Å². The van der Waals surface area contributed by atoms with Crippen molar-refractivity contribution in [3.8, 4) is 0 Å². The van der Waals surface area contributed by atoms with E-state index in [1.165, 1.54) is 6.07 Å². The molecule has 0 bridgehead atoms. The van der Waals surface area contributed by atoms with Crippen LogP contribution >= 0.6 is 0 Å². The summed E-state index contributed by atoms with van der Waals surface area (Å²) < 4.78 is 22.0. The highest BCUT2D eigenvalue weighted by Gasteiger charge is 2.08. The average Bonchev–Trinajstić information content (AvgIpc) is 2.07. The summed E-state index contributed by atoms with van der Waals surface area (Å²) in [6, 6.07) is 4.83. The summed E-state index contributed by atoms with van der Waals surface area (Å²) in [5.41, 5.74) is 7.37. The third-order valence-electron chi connectivity index (χ3n) is 2.06. The Bertz CT molecular complexity index is 426. The molecule has 0 aliphatic heterocycles. The fourth-order valence-electron chi connectivity index (χ4n) is 1.28. The minimum absolute atomic E-state index is 0.149. The van der Waals surface area contributed by atoms with Gasteiger partial charge in [0.15, 0.2) is 0 Å². The van der Waals surface area contributed by atoms with Crippen molar-refractivity contribution in [2.24, 2.45) is 10.9 Å². The molecule has 0 aliphatic rings. The first-order valence-electron chi connectivity index (χ1n) is 4.27. The zero-order valence-corrected chi connectivity index (χ0v) is 8.84. The quantitative estimate of drug-likeness (QED) is 0.750. The van der Waals surface area contributed by atoms with Crippen LogP contribution in [-0.2, 0) is 16.4 Å². The summed E-state index contributed by atoms with van der Waals surface area (Å²) in [6.45, 7) is 2.40. The maximum absolute atomic E-state index is 11.0. The van der Waals surface area contributed by atoms with Gasteiger partial charge in [-0.25, -0.2) is 13.6 Å². The number of aryl methyl sites for hydroxylation is 1. The standard InChI is InChI=1S/C9H14N2O2S/c1-7-6-9(14(11,12)13)3-2-8(7)4-5-10/h2-3,6H,4-5,10H2,1H3,(H2,11,12,13). The molecule has 0 heterocycles. The van der Waals surface area contributed by atoms with Crippen molar-refractivity contribution in [3.63, 3.8) is 0 Å². The summed E-state index contributed by atoms with van der Waals surface area (Å²) >= 11 is 0. The lowest BCUT2D eigenvalue weighted by Gasteiger charge is -2.05. The Morgan fingerprint density at radius 2 is 2.00 bits per heavy atom. The Morgan fingerprint density at radius 1 is 1.36 bits per heavy atom. The van der Waals surface area contributed by atoms with Crippen molar-refractivity contribution in [1.29, 1.82) is 0 Å². The summed E-state index contributed by atoms with van der Waals surface area (Å²) in [6.07, 6.45) is 0.747. The molecule has 0 amide bonds. The van der Waals surface area contributed by atoms with Gasteiger partial charge in [0.25, 0.3) is 0 Å². The summed E-state index contributed by atoms with van der Waals surface area (Å²) in [7, 11) is -3.59. The van der Waals surface area contributed by atoms with Crippen molar-refractivity contribution in [3.05, 3.63) is 29.3 Å². The predicted molar refractivity (Wildman–Crippen MR) is 55.3 cm³/mol. The molecule has 0 spiro atoms. The van der Waals surface area contributed by atoms with Crippen molar-refractivity contribution in [1.82, 2.24) is 0 Å². The van der Waals surface area contributed by atoms with Crippen LogP contribution in [0, 0.1) is 6.92 Å².